The highest BCUT2D eigenvalue weighted by Crippen LogP contribution is 2.32. The molecule has 14 nitrogen and oxygen atoms in total. The number of carbonyl (C=O) groups is 6. The number of benzene rings is 1. The van der Waals surface area contributed by atoms with Crippen LogP contribution in [-0.2, 0) is 42.9 Å². The summed E-state index contributed by atoms with van der Waals surface area (Å²) in [6.45, 7) is 7.83. The van der Waals surface area contributed by atoms with E-state index in [0.29, 0.717) is 59.3 Å². The number of nitrogens with one attached hydrogen (secondary N) is 2. The summed E-state index contributed by atoms with van der Waals surface area (Å²) in [4.78, 5) is 75.4. The number of rotatable bonds is 25. The van der Waals surface area contributed by atoms with Crippen LogP contribution in [0.3, 0.4) is 0 Å². The zero-order valence-electron chi connectivity index (χ0n) is 28.8. The fraction of sp³-hybridized carbons (Fsp3) is 0.657. The summed E-state index contributed by atoms with van der Waals surface area (Å²) in [6, 6.07) is 3.53. The predicted molar refractivity (Wildman–Crippen MR) is 178 cm³/mol. The van der Waals surface area contributed by atoms with Gasteiger partial charge in [0.05, 0.1) is 69.0 Å². The topological polar surface area (TPSA) is 176 Å². The number of imide groups is 2. The highest BCUT2D eigenvalue weighted by molar-refractivity contribution is 6.26. The van der Waals surface area contributed by atoms with E-state index in [2.05, 4.69) is 17.6 Å². The molecule has 1 saturated heterocycles. The number of esters is 1. The number of amides is 5. The fourth-order valence-corrected chi connectivity index (χ4v) is 5.52. The van der Waals surface area contributed by atoms with E-state index in [0.717, 1.165) is 43.4 Å². The number of unbranched alkanes of at least 4 members (excludes halogenated alkanes) is 3. The maximum absolute atomic E-state index is 13.2. The predicted octanol–water partition coefficient (Wildman–Crippen LogP) is 3.41. The fourth-order valence-electron chi connectivity index (χ4n) is 5.52. The second-order valence-electron chi connectivity index (χ2n) is 11.9. The number of fused-ring (bicyclic) bond motifs is 1. The van der Waals surface area contributed by atoms with Crippen LogP contribution >= 0.6 is 0 Å². The summed E-state index contributed by atoms with van der Waals surface area (Å²) < 4.78 is 27.3. The van der Waals surface area contributed by atoms with E-state index in [1.807, 2.05) is 6.92 Å². The van der Waals surface area contributed by atoms with Gasteiger partial charge in [0.1, 0.15) is 12.6 Å². The molecule has 49 heavy (non-hydrogen) atoms. The zero-order chi connectivity index (χ0) is 35.4. The average Bonchev–Trinajstić information content (AvgIpc) is 3.34. The van der Waals surface area contributed by atoms with Crippen LogP contribution in [0.25, 0.3) is 0 Å². The Morgan fingerprint density at radius 1 is 0.837 bits per heavy atom. The first-order valence-corrected chi connectivity index (χ1v) is 17.4. The molecule has 1 aromatic carbocycles. The van der Waals surface area contributed by atoms with Crippen molar-refractivity contribution in [2.75, 3.05) is 64.8 Å². The van der Waals surface area contributed by atoms with Crippen molar-refractivity contribution >= 4 is 41.2 Å². The zero-order valence-corrected chi connectivity index (χ0v) is 28.8. The van der Waals surface area contributed by atoms with Crippen LogP contribution in [0.5, 0.6) is 0 Å². The van der Waals surface area contributed by atoms with Crippen molar-refractivity contribution in [2.45, 2.75) is 84.1 Å². The van der Waals surface area contributed by atoms with Crippen molar-refractivity contribution in [3.05, 3.63) is 29.3 Å². The molecule has 14 heteroatoms. The number of hydrogen-bond donors (Lipinski definition) is 2. The Kier molecular flexibility index (Phi) is 17.9. The van der Waals surface area contributed by atoms with Gasteiger partial charge in [-0.3, -0.25) is 39.0 Å². The lowest BCUT2D eigenvalue weighted by atomic mass is 10.00. The molecule has 5 amide bonds. The Hall–Kier alpha value is -3.72. The lowest BCUT2D eigenvalue weighted by molar-refractivity contribution is -0.150. The first kappa shape index (κ1) is 39.7. The normalized spacial score (nSPS) is 16.4. The lowest BCUT2D eigenvalue weighted by Crippen LogP contribution is -2.54. The molecule has 2 heterocycles. The van der Waals surface area contributed by atoms with Gasteiger partial charge in [-0.1, -0.05) is 39.2 Å². The summed E-state index contributed by atoms with van der Waals surface area (Å²) in [6.07, 6.45) is 6.20. The van der Waals surface area contributed by atoms with Gasteiger partial charge in [-0.15, -0.1) is 0 Å². The lowest BCUT2D eigenvalue weighted by Gasteiger charge is -2.27. The molecule has 1 aromatic rings. The molecule has 2 atom stereocenters. The van der Waals surface area contributed by atoms with Crippen molar-refractivity contribution in [3.8, 4) is 0 Å². The van der Waals surface area contributed by atoms with Crippen LogP contribution in [0.4, 0.5) is 5.69 Å². The maximum Gasteiger partial charge on any atom is 0.308 e. The van der Waals surface area contributed by atoms with Gasteiger partial charge in [0.25, 0.3) is 11.8 Å². The molecule has 2 unspecified atom stereocenters. The molecule has 2 aliphatic heterocycles. The van der Waals surface area contributed by atoms with E-state index in [-0.39, 0.29) is 60.5 Å². The maximum atomic E-state index is 13.2. The third-order valence-corrected chi connectivity index (χ3v) is 8.26. The van der Waals surface area contributed by atoms with E-state index < -0.39 is 29.7 Å². The summed E-state index contributed by atoms with van der Waals surface area (Å²) in [5.41, 5.74) is 0.382. The molecule has 0 spiro atoms. The molecule has 0 bridgehead atoms. The van der Waals surface area contributed by atoms with Crippen molar-refractivity contribution in [1.82, 2.24) is 10.2 Å². The highest BCUT2D eigenvalue weighted by Gasteiger charge is 2.45. The third-order valence-electron chi connectivity index (χ3n) is 8.26. The van der Waals surface area contributed by atoms with Gasteiger partial charge in [0.2, 0.25) is 17.7 Å². The quantitative estimate of drug-likeness (QED) is 0.0874. The van der Waals surface area contributed by atoms with Gasteiger partial charge in [-0.2, -0.15) is 0 Å². The Labute approximate surface area is 287 Å². The molecule has 0 aliphatic carbocycles. The van der Waals surface area contributed by atoms with Gasteiger partial charge in [-0.05, 0) is 44.2 Å². The second-order valence-corrected chi connectivity index (χ2v) is 11.9. The number of hydrogen-bond acceptors (Lipinski definition) is 11. The number of anilines is 1. The average molecular weight is 690 g/mol. The van der Waals surface area contributed by atoms with E-state index in [4.69, 9.17) is 23.7 Å². The Bertz CT molecular complexity index is 1270. The van der Waals surface area contributed by atoms with Crippen molar-refractivity contribution in [3.63, 3.8) is 0 Å². The molecule has 2 aliphatic rings. The molecule has 3 rings (SSSR count). The molecular formula is C35H51N3O11. The van der Waals surface area contributed by atoms with E-state index in [9.17, 15) is 28.8 Å². The summed E-state index contributed by atoms with van der Waals surface area (Å²) in [7, 11) is 0. The number of ether oxygens (including phenoxy) is 5. The Morgan fingerprint density at radius 3 is 2.12 bits per heavy atom. The van der Waals surface area contributed by atoms with Crippen LogP contribution in [0.2, 0.25) is 0 Å². The summed E-state index contributed by atoms with van der Waals surface area (Å²) in [5.74, 6) is -2.89. The van der Waals surface area contributed by atoms with Crippen LogP contribution in [0, 0.1) is 5.92 Å². The molecule has 2 N–H and O–H groups in total. The second kappa shape index (κ2) is 22.1. The van der Waals surface area contributed by atoms with Gasteiger partial charge in [-0.25, -0.2) is 0 Å². The van der Waals surface area contributed by atoms with Crippen molar-refractivity contribution < 1.29 is 52.5 Å². The first-order chi connectivity index (χ1) is 23.8. The molecule has 0 aromatic heterocycles. The number of piperidine rings is 1. The minimum Gasteiger partial charge on any atom is -0.463 e. The molecule has 272 valence electrons. The monoisotopic (exact) mass is 689 g/mol. The molecule has 1 fully saturated rings. The molecular weight excluding hydrogens is 638 g/mol. The standard InChI is InChI=1S/C35H51N3O11/c1-3-5-10-25(4-2)35(44)49-24-23-48-22-21-47-20-19-46-18-17-45-16-8-6-7-13-29(39)36-27-12-9-11-26-31(27)34(43)38(33(26)42)28-14-15-30(40)37-32(28)41/h9,11-12,25,28H,3-8,10,13-24H2,1-2H3,(H,36,39)(H,37,40,41). The smallest absolute Gasteiger partial charge is 0.308 e. The highest BCUT2D eigenvalue weighted by atomic mass is 16.6. The summed E-state index contributed by atoms with van der Waals surface area (Å²) in [5, 5.41) is 4.90. The van der Waals surface area contributed by atoms with E-state index in [1.165, 1.54) is 6.07 Å². The van der Waals surface area contributed by atoms with Crippen molar-refractivity contribution in [2.24, 2.45) is 5.92 Å². The number of nitrogens with zero attached hydrogens (tertiary/aromatic N) is 1. The third kappa shape index (κ3) is 12.9. The first-order valence-electron chi connectivity index (χ1n) is 17.4. The van der Waals surface area contributed by atoms with Gasteiger partial charge >= 0.3 is 5.97 Å². The van der Waals surface area contributed by atoms with Crippen LogP contribution < -0.4 is 10.6 Å². The minimum absolute atomic E-state index is 0.0288. The largest absolute Gasteiger partial charge is 0.463 e. The SMILES string of the molecule is CCCCC(CC)C(=O)OCCOCCOCCOCCOCCCCCC(=O)Nc1cccc2c1C(=O)N(C1CCC(=O)NC1=O)C2=O. The van der Waals surface area contributed by atoms with E-state index in [1.54, 1.807) is 12.1 Å². The van der Waals surface area contributed by atoms with Gasteiger partial charge in [0.15, 0.2) is 0 Å². The Balaban J connectivity index is 1.15. The van der Waals surface area contributed by atoms with Crippen LogP contribution in [-0.4, -0.2) is 106 Å². The summed E-state index contributed by atoms with van der Waals surface area (Å²) >= 11 is 0. The van der Waals surface area contributed by atoms with Crippen molar-refractivity contribution in [1.29, 1.82) is 0 Å². The van der Waals surface area contributed by atoms with Crippen LogP contribution in [0.15, 0.2) is 18.2 Å². The molecule has 0 radical (unpaired) electrons. The van der Waals surface area contributed by atoms with Gasteiger partial charge in [0, 0.05) is 19.4 Å². The van der Waals surface area contributed by atoms with E-state index >= 15 is 0 Å². The van der Waals surface area contributed by atoms with Crippen LogP contribution in [0.1, 0.15) is 98.8 Å². The molecule has 0 saturated carbocycles. The minimum atomic E-state index is -1.07. The number of carbonyl (C=O) groups excluding carboxylic acids is 6. The Morgan fingerprint density at radius 2 is 1.49 bits per heavy atom. The van der Waals surface area contributed by atoms with Gasteiger partial charge < -0.3 is 29.0 Å².